The van der Waals surface area contributed by atoms with Crippen molar-refractivity contribution in [3.63, 3.8) is 0 Å². The van der Waals surface area contributed by atoms with Crippen molar-refractivity contribution in [2.24, 2.45) is 0 Å². The lowest BCUT2D eigenvalue weighted by Gasteiger charge is -2.10. The number of rotatable bonds is 1. The number of urea groups is 1. The second-order valence-corrected chi connectivity index (χ2v) is 3.63. The number of nitrogens with zero attached hydrogens (tertiary/aromatic N) is 1. The number of phenols is 2. The average Bonchev–Trinajstić information content (AvgIpc) is 2.52. The Morgan fingerprint density at radius 2 is 2.13 bits per heavy atom. The number of phenolic OH excluding ortho intramolecular Hbond substituents is 2. The Bertz CT molecular complexity index is 406. The summed E-state index contributed by atoms with van der Waals surface area (Å²) in [7, 11) is 1.70. The first-order valence-corrected chi connectivity index (χ1v) is 4.61. The monoisotopic (exact) mass is 208 g/mol. The molecule has 15 heavy (non-hydrogen) atoms. The Hall–Kier alpha value is -1.91. The number of amides is 2. The fourth-order valence-electron chi connectivity index (χ4n) is 1.61. The van der Waals surface area contributed by atoms with Crippen molar-refractivity contribution >= 4 is 6.03 Å². The van der Waals surface area contributed by atoms with Crippen LogP contribution in [0, 0.1) is 0 Å². The summed E-state index contributed by atoms with van der Waals surface area (Å²) in [6.45, 7) is 0.559. The minimum atomic E-state index is -0.170. The number of likely N-dealkylation sites (N-methyl/N-ethyl adjacent to an activating group) is 1. The highest BCUT2D eigenvalue weighted by Gasteiger charge is 2.27. The van der Waals surface area contributed by atoms with Crippen LogP contribution in [0.4, 0.5) is 4.79 Å². The maximum atomic E-state index is 11.2. The van der Waals surface area contributed by atoms with Crippen LogP contribution in [0.2, 0.25) is 0 Å². The van der Waals surface area contributed by atoms with Crippen molar-refractivity contribution in [3.8, 4) is 11.5 Å². The number of nitrogens with one attached hydrogen (secondary N) is 1. The molecule has 2 amide bonds. The quantitative estimate of drug-likeness (QED) is 0.597. The van der Waals surface area contributed by atoms with E-state index in [1.54, 1.807) is 18.0 Å². The van der Waals surface area contributed by atoms with Gasteiger partial charge in [0.15, 0.2) is 11.5 Å². The van der Waals surface area contributed by atoms with Crippen LogP contribution in [0.3, 0.4) is 0 Å². The lowest BCUT2D eigenvalue weighted by Crippen LogP contribution is -2.23. The van der Waals surface area contributed by atoms with E-state index >= 15 is 0 Å². The van der Waals surface area contributed by atoms with E-state index in [0.29, 0.717) is 6.54 Å². The summed E-state index contributed by atoms with van der Waals surface area (Å²) < 4.78 is 0. The number of carbonyl (C=O) groups is 1. The Morgan fingerprint density at radius 1 is 1.40 bits per heavy atom. The summed E-state index contributed by atoms with van der Waals surface area (Å²) >= 11 is 0. The molecule has 0 radical (unpaired) electrons. The fourth-order valence-corrected chi connectivity index (χ4v) is 1.61. The van der Waals surface area contributed by atoms with Crippen LogP contribution in [-0.4, -0.2) is 34.7 Å². The van der Waals surface area contributed by atoms with E-state index in [9.17, 15) is 9.90 Å². The molecular formula is C10H12N2O3. The lowest BCUT2D eigenvalue weighted by atomic mass is 10.1. The predicted molar refractivity (Wildman–Crippen MR) is 53.7 cm³/mol. The molecule has 3 N–H and O–H groups in total. The maximum absolute atomic E-state index is 11.2. The molecule has 1 aliphatic rings. The Balaban J connectivity index is 2.24. The zero-order valence-electron chi connectivity index (χ0n) is 8.27. The first kappa shape index (κ1) is 9.64. The van der Waals surface area contributed by atoms with Crippen molar-refractivity contribution in [2.45, 2.75) is 6.04 Å². The molecule has 0 saturated carbocycles. The summed E-state index contributed by atoms with van der Waals surface area (Å²) in [6, 6.07) is 4.29. The van der Waals surface area contributed by atoms with Gasteiger partial charge in [-0.2, -0.15) is 0 Å². The molecule has 1 saturated heterocycles. The number of hydrogen-bond donors (Lipinski definition) is 3. The first-order chi connectivity index (χ1) is 7.08. The smallest absolute Gasteiger partial charge is 0.317 e. The molecule has 80 valence electrons. The lowest BCUT2D eigenvalue weighted by molar-refractivity contribution is 0.226. The van der Waals surface area contributed by atoms with E-state index < -0.39 is 0 Å². The normalized spacial score (nSPS) is 20.5. The molecule has 0 aliphatic carbocycles. The number of benzene rings is 1. The van der Waals surface area contributed by atoms with Crippen molar-refractivity contribution < 1.29 is 15.0 Å². The van der Waals surface area contributed by atoms with E-state index in [0.717, 1.165) is 5.56 Å². The second-order valence-electron chi connectivity index (χ2n) is 3.63. The molecule has 1 heterocycles. The molecule has 1 fully saturated rings. The van der Waals surface area contributed by atoms with Gasteiger partial charge in [0.1, 0.15) is 0 Å². The van der Waals surface area contributed by atoms with Crippen molar-refractivity contribution in [1.82, 2.24) is 10.2 Å². The molecule has 1 aromatic rings. The summed E-state index contributed by atoms with van der Waals surface area (Å²) in [6.07, 6.45) is 0. The molecule has 0 aromatic heterocycles. The van der Waals surface area contributed by atoms with Crippen LogP contribution in [0.25, 0.3) is 0 Å². The molecule has 1 aromatic carbocycles. The van der Waals surface area contributed by atoms with Gasteiger partial charge in [0, 0.05) is 13.6 Å². The Labute approximate surface area is 86.9 Å². The molecule has 1 aliphatic heterocycles. The van der Waals surface area contributed by atoms with E-state index in [1.165, 1.54) is 12.1 Å². The average molecular weight is 208 g/mol. The van der Waals surface area contributed by atoms with Gasteiger partial charge in [-0.05, 0) is 17.7 Å². The summed E-state index contributed by atoms with van der Waals surface area (Å²) in [4.78, 5) is 12.8. The van der Waals surface area contributed by atoms with Gasteiger partial charge < -0.3 is 20.4 Å². The predicted octanol–water partition coefficient (Wildman–Crippen LogP) is 0.794. The van der Waals surface area contributed by atoms with E-state index in [2.05, 4.69) is 5.32 Å². The van der Waals surface area contributed by atoms with Crippen molar-refractivity contribution in [3.05, 3.63) is 23.8 Å². The van der Waals surface area contributed by atoms with Gasteiger partial charge in [-0.1, -0.05) is 6.07 Å². The van der Waals surface area contributed by atoms with Gasteiger partial charge >= 0.3 is 6.03 Å². The molecule has 1 atom stereocenters. The SMILES string of the molecule is CN1CC(c2ccc(O)c(O)c2)NC1=O. The van der Waals surface area contributed by atoms with E-state index in [1.807, 2.05) is 0 Å². The highest BCUT2D eigenvalue weighted by molar-refractivity contribution is 5.77. The van der Waals surface area contributed by atoms with Crippen molar-refractivity contribution in [1.29, 1.82) is 0 Å². The standard InChI is InChI=1S/C10H12N2O3/c1-12-5-7(11-10(12)15)6-2-3-8(13)9(14)4-6/h2-4,7,13-14H,5H2,1H3,(H,11,15). The van der Waals surface area contributed by atoms with Gasteiger partial charge in [0.2, 0.25) is 0 Å². The van der Waals surface area contributed by atoms with Gasteiger partial charge in [0.05, 0.1) is 6.04 Å². The van der Waals surface area contributed by atoms with Gasteiger partial charge in [-0.25, -0.2) is 4.79 Å². The molecule has 0 spiro atoms. The van der Waals surface area contributed by atoms with Crippen LogP contribution >= 0.6 is 0 Å². The first-order valence-electron chi connectivity index (χ1n) is 4.61. The van der Waals surface area contributed by atoms with Gasteiger partial charge in [0.25, 0.3) is 0 Å². The number of aromatic hydroxyl groups is 2. The summed E-state index contributed by atoms with van der Waals surface area (Å²) in [5.41, 5.74) is 0.781. The minimum absolute atomic E-state index is 0.131. The maximum Gasteiger partial charge on any atom is 0.317 e. The topological polar surface area (TPSA) is 72.8 Å². The van der Waals surface area contributed by atoms with Crippen LogP contribution in [0.5, 0.6) is 11.5 Å². The molecular weight excluding hydrogens is 196 g/mol. The Morgan fingerprint density at radius 3 is 2.67 bits per heavy atom. The number of hydrogen-bond acceptors (Lipinski definition) is 3. The van der Waals surface area contributed by atoms with Gasteiger partial charge in [-0.3, -0.25) is 0 Å². The van der Waals surface area contributed by atoms with Crippen LogP contribution in [-0.2, 0) is 0 Å². The van der Waals surface area contributed by atoms with Gasteiger partial charge in [-0.15, -0.1) is 0 Å². The second kappa shape index (κ2) is 3.34. The zero-order valence-corrected chi connectivity index (χ0v) is 8.27. The van der Waals surface area contributed by atoms with E-state index in [-0.39, 0.29) is 23.6 Å². The highest BCUT2D eigenvalue weighted by Crippen LogP contribution is 2.29. The molecule has 5 heteroatoms. The highest BCUT2D eigenvalue weighted by atomic mass is 16.3. The third-order valence-electron chi connectivity index (χ3n) is 2.50. The van der Waals surface area contributed by atoms with Crippen LogP contribution < -0.4 is 5.32 Å². The summed E-state index contributed by atoms with van der Waals surface area (Å²) in [5, 5.41) is 21.2. The number of carbonyl (C=O) groups excluding carboxylic acids is 1. The molecule has 5 nitrogen and oxygen atoms in total. The van der Waals surface area contributed by atoms with E-state index in [4.69, 9.17) is 5.11 Å². The Kier molecular flexibility index (Phi) is 2.15. The molecule has 2 rings (SSSR count). The fraction of sp³-hybridized carbons (Fsp3) is 0.300. The molecule has 1 unspecified atom stereocenters. The van der Waals surface area contributed by atoms with Crippen molar-refractivity contribution in [2.75, 3.05) is 13.6 Å². The third-order valence-corrected chi connectivity index (χ3v) is 2.50. The largest absolute Gasteiger partial charge is 0.504 e. The zero-order chi connectivity index (χ0) is 11.0. The third kappa shape index (κ3) is 1.68. The molecule has 0 bridgehead atoms. The summed E-state index contributed by atoms with van der Waals surface area (Å²) in [5.74, 6) is -0.326. The van der Waals surface area contributed by atoms with Crippen LogP contribution in [0.1, 0.15) is 11.6 Å². The van der Waals surface area contributed by atoms with Crippen LogP contribution in [0.15, 0.2) is 18.2 Å². The minimum Gasteiger partial charge on any atom is -0.504 e.